The Bertz CT molecular complexity index is 432. The highest BCUT2D eigenvalue weighted by Crippen LogP contribution is 2.48. The Hall–Kier alpha value is -0.330. The lowest BCUT2D eigenvalue weighted by molar-refractivity contribution is -0.124. The number of hydrogen-bond donors (Lipinski definition) is 3. The van der Waals surface area contributed by atoms with Gasteiger partial charge in [0.05, 0.1) is 5.92 Å². The van der Waals surface area contributed by atoms with Crippen LogP contribution in [-0.2, 0) is 4.79 Å². The van der Waals surface area contributed by atoms with Crippen molar-refractivity contribution in [2.75, 3.05) is 13.1 Å². The summed E-state index contributed by atoms with van der Waals surface area (Å²) in [5.41, 5.74) is 0.0463. The molecule has 22 heavy (non-hydrogen) atoms. The van der Waals surface area contributed by atoms with E-state index in [-0.39, 0.29) is 17.3 Å². The number of halogens is 1. The molecule has 2 aliphatic carbocycles. The monoisotopic (exact) mass is 327 g/mol. The predicted molar refractivity (Wildman–Crippen MR) is 86.2 cm³/mol. The minimum atomic E-state index is -0.581. The van der Waals surface area contributed by atoms with Crippen LogP contribution >= 0.6 is 11.8 Å². The second kappa shape index (κ2) is 6.29. The summed E-state index contributed by atoms with van der Waals surface area (Å²) in [6.45, 7) is 1.75. The third-order valence-corrected chi connectivity index (χ3v) is 7.53. The summed E-state index contributed by atoms with van der Waals surface area (Å²) in [5.74, 6) is 1.50. The van der Waals surface area contributed by atoms with E-state index in [9.17, 15) is 9.18 Å². The molecule has 7 atom stereocenters. The van der Waals surface area contributed by atoms with Gasteiger partial charge in [-0.05, 0) is 56.9 Å². The van der Waals surface area contributed by atoms with Gasteiger partial charge in [-0.3, -0.25) is 10.1 Å². The van der Waals surface area contributed by atoms with Gasteiger partial charge in [0.1, 0.15) is 11.7 Å². The number of alkyl halides is 1. The Labute approximate surface area is 135 Å². The fourth-order valence-corrected chi connectivity index (χ4v) is 6.53. The second-order valence-electron chi connectivity index (χ2n) is 7.36. The molecule has 0 radical (unpaired) electrons. The summed E-state index contributed by atoms with van der Waals surface area (Å²) in [6, 6.07) is 0.495. The smallest absolute Gasteiger partial charge is 0.226 e. The molecule has 0 aromatic heterocycles. The van der Waals surface area contributed by atoms with Crippen LogP contribution in [0.3, 0.4) is 0 Å². The minimum Gasteiger partial charge on any atom is -0.332 e. The highest BCUT2D eigenvalue weighted by molar-refractivity contribution is 8.00. The topological polar surface area (TPSA) is 53.2 Å². The van der Waals surface area contributed by atoms with Crippen molar-refractivity contribution >= 4 is 17.7 Å². The number of hydrogen-bond acceptors (Lipinski definition) is 4. The maximum absolute atomic E-state index is 13.6. The molecule has 0 aromatic carbocycles. The third kappa shape index (κ3) is 2.89. The molecule has 0 bridgehead atoms. The quantitative estimate of drug-likeness (QED) is 0.721. The van der Waals surface area contributed by atoms with Crippen molar-refractivity contribution in [1.29, 1.82) is 0 Å². The summed E-state index contributed by atoms with van der Waals surface area (Å²) >= 11 is 1.88. The van der Waals surface area contributed by atoms with Crippen LogP contribution in [0.25, 0.3) is 0 Å². The molecule has 1 amide bonds. The van der Waals surface area contributed by atoms with Gasteiger partial charge in [-0.1, -0.05) is 0 Å². The molecule has 2 heterocycles. The molecule has 4 nitrogen and oxygen atoms in total. The Kier molecular flexibility index (Phi) is 4.35. The van der Waals surface area contributed by atoms with Gasteiger partial charge in [0.2, 0.25) is 5.91 Å². The van der Waals surface area contributed by atoms with E-state index in [1.54, 1.807) is 0 Å². The Morgan fingerprint density at radius 3 is 2.91 bits per heavy atom. The maximum atomic E-state index is 13.6. The SMILES string of the molecule is O=C(NC1NC2CCC3CC(F)CCC3C2S1)[C@H]1CCNC1. The van der Waals surface area contributed by atoms with Crippen molar-refractivity contribution in [2.45, 2.75) is 61.5 Å². The van der Waals surface area contributed by atoms with Gasteiger partial charge in [0, 0.05) is 17.8 Å². The van der Waals surface area contributed by atoms with Crippen molar-refractivity contribution in [1.82, 2.24) is 16.0 Å². The number of thioether (sulfide) groups is 1. The zero-order chi connectivity index (χ0) is 15.1. The lowest BCUT2D eigenvalue weighted by Crippen LogP contribution is -2.48. The third-order valence-electron chi connectivity index (χ3n) is 6.01. The molecular weight excluding hydrogens is 301 g/mol. The molecule has 124 valence electrons. The summed E-state index contributed by atoms with van der Waals surface area (Å²) in [7, 11) is 0. The highest BCUT2D eigenvalue weighted by atomic mass is 32.2. The summed E-state index contributed by atoms with van der Waals surface area (Å²) in [6.07, 6.45) is 5.15. The molecule has 0 spiro atoms. The summed E-state index contributed by atoms with van der Waals surface area (Å²) in [5, 5.41) is 10.6. The second-order valence-corrected chi connectivity index (χ2v) is 8.65. The molecule has 0 aromatic rings. The van der Waals surface area contributed by atoms with Crippen molar-refractivity contribution in [2.24, 2.45) is 17.8 Å². The number of carbonyl (C=O) groups is 1. The van der Waals surface area contributed by atoms with Gasteiger partial charge in [-0.2, -0.15) is 0 Å². The van der Waals surface area contributed by atoms with E-state index in [0.717, 1.165) is 51.6 Å². The minimum absolute atomic E-state index is 0.0463. The number of carbonyl (C=O) groups excluding carboxylic acids is 1. The molecule has 6 heteroatoms. The van der Waals surface area contributed by atoms with Crippen molar-refractivity contribution in [3.8, 4) is 0 Å². The van der Waals surface area contributed by atoms with Crippen molar-refractivity contribution < 1.29 is 9.18 Å². The molecule has 2 saturated heterocycles. The van der Waals surface area contributed by atoms with Crippen LogP contribution in [-0.4, -0.2) is 42.0 Å². The Balaban J connectivity index is 1.36. The predicted octanol–water partition coefficient (Wildman–Crippen LogP) is 1.62. The standard InChI is InChI=1S/C16H26FN3OS/c17-11-2-3-12-9(7-11)1-4-13-14(12)22-16(19-13)20-15(21)10-5-6-18-8-10/h9-14,16,18-19H,1-8H2,(H,20,21)/t9?,10-,11?,12?,13?,14?,16?/m0/s1. The number of nitrogens with one attached hydrogen (secondary N) is 3. The van der Waals surface area contributed by atoms with E-state index < -0.39 is 6.17 Å². The van der Waals surface area contributed by atoms with Crippen LogP contribution in [0.1, 0.15) is 38.5 Å². The maximum Gasteiger partial charge on any atom is 0.226 e. The van der Waals surface area contributed by atoms with Gasteiger partial charge >= 0.3 is 0 Å². The summed E-state index contributed by atoms with van der Waals surface area (Å²) < 4.78 is 13.6. The van der Waals surface area contributed by atoms with Gasteiger partial charge in [-0.15, -0.1) is 11.8 Å². The average Bonchev–Trinajstić information content (AvgIpc) is 3.15. The van der Waals surface area contributed by atoms with E-state index in [4.69, 9.17) is 0 Å². The molecule has 6 unspecified atom stereocenters. The zero-order valence-corrected chi connectivity index (χ0v) is 13.7. The zero-order valence-electron chi connectivity index (χ0n) is 12.9. The first-order valence-corrected chi connectivity index (χ1v) is 9.71. The number of fused-ring (bicyclic) bond motifs is 3. The number of amides is 1. The first kappa shape index (κ1) is 15.2. The lowest BCUT2D eigenvalue weighted by atomic mass is 9.68. The molecule has 2 saturated carbocycles. The first-order valence-electron chi connectivity index (χ1n) is 8.77. The lowest BCUT2D eigenvalue weighted by Gasteiger charge is -2.42. The molecule has 2 aliphatic heterocycles. The molecular formula is C16H26FN3OS. The van der Waals surface area contributed by atoms with E-state index >= 15 is 0 Å². The van der Waals surface area contributed by atoms with Crippen LogP contribution in [0.2, 0.25) is 0 Å². The fraction of sp³-hybridized carbons (Fsp3) is 0.938. The normalized spacial score (nSPS) is 47.8. The van der Waals surface area contributed by atoms with E-state index in [1.807, 2.05) is 11.8 Å². The van der Waals surface area contributed by atoms with Crippen LogP contribution in [0.15, 0.2) is 0 Å². The first-order chi connectivity index (χ1) is 10.7. The van der Waals surface area contributed by atoms with Crippen LogP contribution < -0.4 is 16.0 Å². The molecule has 4 aliphatic rings. The van der Waals surface area contributed by atoms with Crippen LogP contribution in [0.4, 0.5) is 4.39 Å². The highest BCUT2D eigenvalue weighted by Gasteiger charge is 2.47. The van der Waals surface area contributed by atoms with Crippen molar-refractivity contribution in [3.05, 3.63) is 0 Å². The molecule has 4 rings (SSSR count). The van der Waals surface area contributed by atoms with E-state index in [2.05, 4.69) is 16.0 Å². The van der Waals surface area contributed by atoms with E-state index in [1.165, 1.54) is 0 Å². The van der Waals surface area contributed by atoms with Gasteiger partial charge in [0.25, 0.3) is 0 Å². The molecule has 4 fully saturated rings. The van der Waals surface area contributed by atoms with Gasteiger partial charge < -0.3 is 10.6 Å². The fourth-order valence-electron chi connectivity index (χ4n) is 4.82. The van der Waals surface area contributed by atoms with Gasteiger partial charge in [0.15, 0.2) is 0 Å². The Morgan fingerprint density at radius 1 is 1.18 bits per heavy atom. The summed E-state index contributed by atoms with van der Waals surface area (Å²) in [4.78, 5) is 12.3. The van der Waals surface area contributed by atoms with Crippen LogP contribution in [0, 0.1) is 17.8 Å². The van der Waals surface area contributed by atoms with Gasteiger partial charge in [-0.25, -0.2) is 4.39 Å². The number of rotatable bonds is 2. The van der Waals surface area contributed by atoms with Crippen LogP contribution in [0.5, 0.6) is 0 Å². The average molecular weight is 327 g/mol. The van der Waals surface area contributed by atoms with Crippen molar-refractivity contribution in [3.63, 3.8) is 0 Å². The van der Waals surface area contributed by atoms with E-state index in [0.29, 0.717) is 23.1 Å². The Morgan fingerprint density at radius 2 is 2.09 bits per heavy atom. The largest absolute Gasteiger partial charge is 0.332 e. The molecule has 3 N–H and O–H groups in total.